The smallest absolute Gasteiger partial charge is 0.0792 e. The van der Waals surface area contributed by atoms with Gasteiger partial charge in [-0.05, 0) is 18.6 Å². The second-order valence-electron chi connectivity index (χ2n) is 4.83. The Kier molecular flexibility index (Phi) is 3.79. The highest BCUT2D eigenvalue weighted by Gasteiger charge is 2.08. The minimum atomic E-state index is 0.710. The molecular weight excluding hydrogens is 248 g/mol. The molecule has 2 aromatic carbocycles. The number of nitrogens with one attached hydrogen (secondary N) is 1. The molecule has 0 fully saturated rings. The first-order chi connectivity index (χ1) is 9.90. The molecule has 0 bridgehead atoms. The number of rotatable bonds is 5. The molecule has 102 valence electrons. The van der Waals surface area contributed by atoms with Gasteiger partial charge in [-0.15, -0.1) is 0 Å². The molecule has 3 nitrogen and oxygen atoms in total. The molecule has 0 radical (unpaired) electrons. The average Bonchev–Trinajstić information content (AvgIpc) is 2.50. The van der Waals surface area contributed by atoms with Gasteiger partial charge < -0.3 is 0 Å². The predicted octanol–water partition coefficient (Wildman–Crippen LogP) is 4.53. The van der Waals surface area contributed by atoms with E-state index in [1.165, 1.54) is 0 Å². The SMILES string of the molecule is CCCCONc1c2ccccc2nc2ccccc12. The van der Waals surface area contributed by atoms with E-state index >= 15 is 0 Å². The first-order valence-electron chi connectivity index (χ1n) is 7.05. The van der Waals surface area contributed by atoms with Gasteiger partial charge in [-0.1, -0.05) is 49.7 Å². The van der Waals surface area contributed by atoms with Gasteiger partial charge in [0.25, 0.3) is 0 Å². The molecular formula is C17H18N2O. The van der Waals surface area contributed by atoms with Crippen molar-refractivity contribution in [1.29, 1.82) is 0 Å². The molecule has 0 saturated heterocycles. The maximum absolute atomic E-state index is 5.60. The van der Waals surface area contributed by atoms with Crippen molar-refractivity contribution in [2.75, 3.05) is 12.1 Å². The van der Waals surface area contributed by atoms with Gasteiger partial charge in [0.15, 0.2) is 0 Å². The monoisotopic (exact) mass is 266 g/mol. The van der Waals surface area contributed by atoms with Crippen LogP contribution in [0, 0.1) is 0 Å². The lowest BCUT2D eigenvalue weighted by atomic mass is 10.1. The Labute approximate surface area is 118 Å². The second-order valence-corrected chi connectivity index (χ2v) is 4.83. The third-order valence-electron chi connectivity index (χ3n) is 3.36. The Morgan fingerprint density at radius 3 is 2.15 bits per heavy atom. The Bertz CT molecular complexity index is 670. The van der Waals surface area contributed by atoms with E-state index in [2.05, 4.69) is 29.5 Å². The summed E-state index contributed by atoms with van der Waals surface area (Å²) in [5.74, 6) is 0. The van der Waals surface area contributed by atoms with Gasteiger partial charge >= 0.3 is 0 Å². The summed E-state index contributed by atoms with van der Waals surface area (Å²) in [6.07, 6.45) is 2.17. The fourth-order valence-electron chi connectivity index (χ4n) is 2.29. The largest absolute Gasteiger partial charge is 0.276 e. The third kappa shape index (κ3) is 2.45. The quantitative estimate of drug-likeness (QED) is 0.418. The van der Waals surface area contributed by atoms with Crippen molar-refractivity contribution in [2.24, 2.45) is 0 Å². The summed E-state index contributed by atoms with van der Waals surface area (Å²) in [6, 6.07) is 16.3. The fourth-order valence-corrected chi connectivity index (χ4v) is 2.29. The molecule has 0 aliphatic rings. The number of pyridine rings is 1. The first kappa shape index (κ1) is 12.9. The number of hydrogen-bond donors (Lipinski definition) is 1. The molecule has 0 spiro atoms. The Hall–Kier alpha value is -2.13. The van der Waals surface area contributed by atoms with Crippen molar-refractivity contribution < 1.29 is 4.84 Å². The number of aromatic nitrogens is 1. The maximum Gasteiger partial charge on any atom is 0.0792 e. The van der Waals surface area contributed by atoms with Gasteiger partial charge in [-0.2, -0.15) is 0 Å². The van der Waals surface area contributed by atoms with E-state index in [-0.39, 0.29) is 0 Å². The summed E-state index contributed by atoms with van der Waals surface area (Å²) in [5, 5.41) is 2.17. The number of benzene rings is 2. The van der Waals surface area contributed by atoms with Crippen molar-refractivity contribution in [3.05, 3.63) is 48.5 Å². The highest BCUT2D eigenvalue weighted by molar-refractivity contribution is 6.06. The molecule has 3 rings (SSSR count). The molecule has 1 heterocycles. The Balaban J connectivity index is 2.08. The molecule has 0 amide bonds. The number of hydrogen-bond acceptors (Lipinski definition) is 3. The van der Waals surface area contributed by atoms with Crippen molar-refractivity contribution in [3.8, 4) is 0 Å². The van der Waals surface area contributed by atoms with E-state index in [0.29, 0.717) is 6.61 Å². The van der Waals surface area contributed by atoms with Crippen LogP contribution in [0.1, 0.15) is 19.8 Å². The van der Waals surface area contributed by atoms with E-state index in [1.807, 2.05) is 36.4 Å². The van der Waals surface area contributed by atoms with Gasteiger partial charge in [0.1, 0.15) is 0 Å². The summed E-state index contributed by atoms with van der Waals surface area (Å²) in [6.45, 7) is 2.86. The summed E-state index contributed by atoms with van der Waals surface area (Å²) < 4.78 is 0. The molecule has 0 saturated carbocycles. The zero-order chi connectivity index (χ0) is 13.8. The average molecular weight is 266 g/mol. The van der Waals surface area contributed by atoms with Crippen LogP contribution in [0.5, 0.6) is 0 Å². The maximum atomic E-state index is 5.60. The van der Waals surface area contributed by atoms with Crippen molar-refractivity contribution >= 4 is 27.5 Å². The number of unbranched alkanes of at least 4 members (excludes halogenated alkanes) is 1. The van der Waals surface area contributed by atoms with E-state index in [4.69, 9.17) is 4.84 Å². The molecule has 3 heteroatoms. The van der Waals surface area contributed by atoms with Gasteiger partial charge in [0.05, 0.1) is 23.3 Å². The highest BCUT2D eigenvalue weighted by atomic mass is 16.6. The van der Waals surface area contributed by atoms with Crippen LogP contribution in [0.4, 0.5) is 5.69 Å². The summed E-state index contributed by atoms with van der Waals surface area (Å²) in [5.41, 5.74) is 6.09. The number of fused-ring (bicyclic) bond motifs is 2. The predicted molar refractivity (Wildman–Crippen MR) is 83.7 cm³/mol. The number of nitrogens with zero attached hydrogens (tertiary/aromatic N) is 1. The van der Waals surface area contributed by atoms with Crippen LogP contribution in [0.2, 0.25) is 0 Å². The molecule has 0 atom stereocenters. The zero-order valence-corrected chi connectivity index (χ0v) is 11.6. The molecule has 0 aliphatic heterocycles. The molecule has 0 unspecified atom stereocenters. The van der Waals surface area contributed by atoms with E-state index in [0.717, 1.165) is 40.3 Å². The van der Waals surface area contributed by atoms with Crippen LogP contribution in [0.25, 0.3) is 21.8 Å². The van der Waals surface area contributed by atoms with Gasteiger partial charge in [-0.3, -0.25) is 10.3 Å². The lowest BCUT2D eigenvalue weighted by Crippen LogP contribution is -2.04. The second kappa shape index (κ2) is 5.88. The van der Waals surface area contributed by atoms with E-state index in [1.54, 1.807) is 0 Å². The van der Waals surface area contributed by atoms with Crippen molar-refractivity contribution in [2.45, 2.75) is 19.8 Å². The summed E-state index contributed by atoms with van der Waals surface area (Å²) >= 11 is 0. The Morgan fingerprint density at radius 1 is 0.950 bits per heavy atom. The van der Waals surface area contributed by atoms with Crippen molar-refractivity contribution in [1.82, 2.24) is 4.98 Å². The van der Waals surface area contributed by atoms with E-state index in [9.17, 15) is 0 Å². The highest BCUT2D eigenvalue weighted by Crippen LogP contribution is 2.30. The molecule has 3 aromatic rings. The van der Waals surface area contributed by atoms with E-state index < -0.39 is 0 Å². The summed E-state index contributed by atoms with van der Waals surface area (Å²) in [4.78, 5) is 10.3. The molecule has 1 N–H and O–H groups in total. The minimum absolute atomic E-state index is 0.710. The van der Waals surface area contributed by atoms with Gasteiger partial charge in [-0.25, -0.2) is 4.98 Å². The normalized spacial score (nSPS) is 11.1. The third-order valence-corrected chi connectivity index (χ3v) is 3.36. The number of para-hydroxylation sites is 2. The van der Waals surface area contributed by atoms with Gasteiger partial charge in [0.2, 0.25) is 0 Å². The lowest BCUT2D eigenvalue weighted by molar-refractivity contribution is 0.190. The number of anilines is 1. The van der Waals surface area contributed by atoms with Crippen LogP contribution in [-0.4, -0.2) is 11.6 Å². The van der Waals surface area contributed by atoms with Crippen molar-refractivity contribution in [3.63, 3.8) is 0 Å². The lowest BCUT2D eigenvalue weighted by Gasteiger charge is -2.12. The minimum Gasteiger partial charge on any atom is -0.276 e. The molecule has 20 heavy (non-hydrogen) atoms. The summed E-state index contributed by atoms with van der Waals surface area (Å²) in [7, 11) is 0. The standard InChI is InChI=1S/C17H18N2O/c1-2-3-12-20-19-17-13-8-4-6-10-15(13)18-16-11-7-5-9-14(16)17/h4-11H,2-3,12H2,1H3,(H,18,19). The van der Waals surface area contributed by atoms with Crippen LogP contribution >= 0.6 is 0 Å². The molecule has 1 aromatic heterocycles. The van der Waals surface area contributed by atoms with Crippen LogP contribution < -0.4 is 5.48 Å². The van der Waals surface area contributed by atoms with Gasteiger partial charge in [0, 0.05) is 10.8 Å². The Morgan fingerprint density at radius 2 is 1.55 bits per heavy atom. The first-order valence-corrected chi connectivity index (χ1v) is 7.05. The van der Waals surface area contributed by atoms with Crippen LogP contribution in [0.3, 0.4) is 0 Å². The molecule has 0 aliphatic carbocycles. The fraction of sp³-hybridized carbons (Fsp3) is 0.235. The van der Waals surface area contributed by atoms with Crippen LogP contribution in [0.15, 0.2) is 48.5 Å². The topological polar surface area (TPSA) is 34.1 Å². The zero-order valence-electron chi connectivity index (χ0n) is 11.6. The van der Waals surface area contributed by atoms with Crippen LogP contribution in [-0.2, 0) is 4.84 Å².